The van der Waals surface area contributed by atoms with Crippen molar-refractivity contribution in [2.45, 2.75) is 25.8 Å². The van der Waals surface area contributed by atoms with Crippen LogP contribution in [0.15, 0.2) is 55.0 Å². The molecule has 7 heteroatoms. The number of rotatable bonds is 6. The molecule has 5 rings (SSSR count). The van der Waals surface area contributed by atoms with Gasteiger partial charge in [-0.15, -0.1) is 0 Å². The van der Waals surface area contributed by atoms with Crippen molar-refractivity contribution in [2.24, 2.45) is 7.05 Å². The Hall–Kier alpha value is -3.45. The zero-order chi connectivity index (χ0) is 22.1. The Balaban J connectivity index is 1.43. The minimum atomic E-state index is -0.357. The number of Topliss-reactive ketones (excluding diaryl/α,β-unsaturated/α-hetero) is 1. The van der Waals surface area contributed by atoms with E-state index in [1.54, 1.807) is 6.20 Å². The van der Waals surface area contributed by atoms with Gasteiger partial charge in [0.05, 0.1) is 24.0 Å². The van der Waals surface area contributed by atoms with Crippen LogP contribution in [-0.2, 0) is 20.0 Å². The van der Waals surface area contributed by atoms with Crippen molar-refractivity contribution in [1.29, 1.82) is 0 Å². The van der Waals surface area contributed by atoms with Crippen LogP contribution in [0.25, 0.3) is 22.0 Å². The molecule has 0 aliphatic carbocycles. The number of benzene rings is 1. The van der Waals surface area contributed by atoms with Crippen molar-refractivity contribution < 1.29 is 9.18 Å². The summed E-state index contributed by atoms with van der Waals surface area (Å²) in [5.41, 5.74) is 4.20. The third kappa shape index (κ3) is 4.16. The second-order valence-electron chi connectivity index (χ2n) is 8.31. The number of carbonyl (C=O) groups excluding carboxylic acids is 1. The average Bonchev–Trinajstić information content (AvgIpc) is 3.44. The fraction of sp³-hybridized carbons (Fsp3) is 0.280. The van der Waals surface area contributed by atoms with Crippen molar-refractivity contribution in [3.05, 3.63) is 77.8 Å². The third-order valence-corrected chi connectivity index (χ3v) is 6.08. The molecule has 4 heterocycles. The van der Waals surface area contributed by atoms with Crippen LogP contribution in [0.3, 0.4) is 0 Å². The smallest absolute Gasteiger partial charge is 0.168 e. The Morgan fingerprint density at radius 3 is 2.53 bits per heavy atom. The van der Waals surface area contributed by atoms with Crippen molar-refractivity contribution in [1.82, 2.24) is 24.6 Å². The fourth-order valence-electron chi connectivity index (χ4n) is 4.25. The molecule has 1 saturated heterocycles. The molecule has 162 valence electrons. The normalized spacial score (nSPS) is 14.3. The third-order valence-electron chi connectivity index (χ3n) is 6.08. The number of aromatic nitrogens is 4. The van der Waals surface area contributed by atoms with E-state index in [9.17, 15) is 9.18 Å². The van der Waals surface area contributed by atoms with Crippen molar-refractivity contribution in [3.63, 3.8) is 0 Å². The molecule has 1 aromatic carbocycles. The summed E-state index contributed by atoms with van der Waals surface area (Å²) >= 11 is 0. The summed E-state index contributed by atoms with van der Waals surface area (Å²) < 4.78 is 15.1. The first-order chi connectivity index (χ1) is 15.6. The maximum absolute atomic E-state index is 13.1. The number of ketones is 1. The lowest BCUT2D eigenvalue weighted by Gasteiger charge is -2.16. The molecule has 1 aliphatic rings. The number of halogens is 1. The molecule has 0 N–H and O–H groups in total. The largest absolute Gasteiger partial charge is 0.298 e. The van der Waals surface area contributed by atoms with E-state index < -0.39 is 0 Å². The topological polar surface area (TPSA) is 63.9 Å². The Bertz CT molecular complexity index is 1280. The highest BCUT2D eigenvalue weighted by Gasteiger charge is 2.18. The standard InChI is InChI=1S/C25H24FN5O/c1-30-24(16-31-8-2-3-9-31)22(15-29-30)23-11-18-10-21(27-13-19(18)14-28-23)12-25(32)17-4-6-20(26)7-5-17/h4-7,10-11,13-15H,2-3,8-9,12,16H2,1H3. The van der Waals surface area contributed by atoms with Crippen LogP contribution in [0, 0.1) is 5.82 Å². The molecule has 0 radical (unpaired) electrons. The minimum absolute atomic E-state index is 0.0914. The molecular formula is C25H24FN5O. The van der Waals surface area contributed by atoms with Gasteiger partial charge in [0, 0.05) is 48.2 Å². The highest BCUT2D eigenvalue weighted by molar-refractivity contribution is 5.97. The van der Waals surface area contributed by atoms with Gasteiger partial charge >= 0.3 is 0 Å². The van der Waals surface area contributed by atoms with E-state index >= 15 is 0 Å². The maximum Gasteiger partial charge on any atom is 0.168 e. The quantitative estimate of drug-likeness (QED) is 0.430. The Morgan fingerprint density at radius 2 is 1.75 bits per heavy atom. The van der Waals surface area contributed by atoms with Gasteiger partial charge in [-0.2, -0.15) is 5.10 Å². The molecule has 1 aliphatic heterocycles. The van der Waals surface area contributed by atoms with E-state index in [0.717, 1.165) is 47.4 Å². The van der Waals surface area contributed by atoms with Gasteiger partial charge in [-0.1, -0.05) is 0 Å². The lowest BCUT2D eigenvalue weighted by Crippen LogP contribution is -2.20. The van der Waals surface area contributed by atoms with E-state index in [1.807, 2.05) is 36.3 Å². The van der Waals surface area contributed by atoms with Crippen LogP contribution in [0.2, 0.25) is 0 Å². The zero-order valence-electron chi connectivity index (χ0n) is 18.0. The molecule has 0 spiro atoms. The molecule has 0 atom stereocenters. The summed E-state index contributed by atoms with van der Waals surface area (Å²) in [6.45, 7) is 3.10. The number of hydrogen-bond donors (Lipinski definition) is 0. The van der Waals surface area contributed by atoms with Gasteiger partial charge in [-0.3, -0.25) is 24.3 Å². The van der Waals surface area contributed by atoms with E-state index in [-0.39, 0.29) is 18.0 Å². The van der Waals surface area contributed by atoms with Crippen LogP contribution in [0.5, 0.6) is 0 Å². The van der Waals surface area contributed by atoms with Gasteiger partial charge in [0.2, 0.25) is 0 Å². The average molecular weight is 429 g/mol. The SMILES string of the molecule is Cn1ncc(-c2cc3cc(CC(=O)c4ccc(F)cc4)ncc3cn2)c1CN1CCCC1. The second-order valence-corrected chi connectivity index (χ2v) is 8.31. The number of carbonyl (C=O) groups is 1. The molecule has 3 aromatic heterocycles. The van der Waals surface area contributed by atoms with Gasteiger partial charge in [-0.25, -0.2) is 4.39 Å². The molecule has 0 unspecified atom stereocenters. The van der Waals surface area contributed by atoms with Gasteiger partial charge in [0.1, 0.15) is 5.82 Å². The number of hydrogen-bond acceptors (Lipinski definition) is 5. The first kappa shape index (κ1) is 20.5. The van der Waals surface area contributed by atoms with Gasteiger partial charge in [0.15, 0.2) is 5.78 Å². The summed E-state index contributed by atoms with van der Waals surface area (Å²) in [6.07, 6.45) is 8.08. The van der Waals surface area contributed by atoms with E-state index in [0.29, 0.717) is 11.3 Å². The number of nitrogens with zero attached hydrogens (tertiary/aromatic N) is 5. The van der Waals surface area contributed by atoms with Crippen molar-refractivity contribution in [2.75, 3.05) is 13.1 Å². The zero-order valence-corrected chi connectivity index (χ0v) is 18.0. The van der Waals surface area contributed by atoms with Gasteiger partial charge < -0.3 is 0 Å². The van der Waals surface area contributed by atoms with Gasteiger partial charge in [-0.05, 0) is 67.7 Å². The number of fused-ring (bicyclic) bond motifs is 1. The highest BCUT2D eigenvalue weighted by atomic mass is 19.1. The maximum atomic E-state index is 13.1. The van der Waals surface area contributed by atoms with Crippen LogP contribution in [0.4, 0.5) is 4.39 Å². The lowest BCUT2D eigenvalue weighted by molar-refractivity contribution is 0.0992. The predicted octanol–water partition coefficient (Wildman–Crippen LogP) is 4.19. The lowest BCUT2D eigenvalue weighted by atomic mass is 10.0. The fourth-order valence-corrected chi connectivity index (χ4v) is 4.25. The second kappa shape index (κ2) is 8.59. The van der Waals surface area contributed by atoms with Crippen molar-refractivity contribution in [3.8, 4) is 11.3 Å². The monoisotopic (exact) mass is 429 g/mol. The molecule has 6 nitrogen and oxygen atoms in total. The Kier molecular flexibility index (Phi) is 5.49. The molecular weight excluding hydrogens is 405 g/mol. The molecule has 0 bridgehead atoms. The van der Waals surface area contributed by atoms with E-state index in [1.165, 1.54) is 37.1 Å². The summed E-state index contributed by atoms with van der Waals surface area (Å²) in [6, 6.07) is 9.57. The van der Waals surface area contributed by atoms with E-state index in [2.05, 4.69) is 20.0 Å². The molecule has 0 saturated carbocycles. The van der Waals surface area contributed by atoms with Gasteiger partial charge in [0.25, 0.3) is 0 Å². The van der Waals surface area contributed by atoms with Crippen LogP contribution in [0.1, 0.15) is 34.6 Å². The summed E-state index contributed by atoms with van der Waals surface area (Å²) in [4.78, 5) is 24.1. The first-order valence-electron chi connectivity index (χ1n) is 10.8. The summed E-state index contributed by atoms with van der Waals surface area (Å²) in [7, 11) is 1.97. The number of aryl methyl sites for hydroxylation is 1. The summed E-state index contributed by atoms with van der Waals surface area (Å²) in [5, 5.41) is 6.37. The highest BCUT2D eigenvalue weighted by Crippen LogP contribution is 2.27. The van der Waals surface area contributed by atoms with E-state index in [4.69, 9.17) is 0 Å². The molecule has 32 heavy (non-hydrogen) atoms. The Morgan fingerprint density at radius 1 is 1.00 bits per heavy atom. The van der Waals surface area contributed by atoms with Crippen LogP contribution < -0.4 is 0 Å². The molecule has 4 aromatic rings. The molecule has 0 amide bonds. The van der Waals surface area contributed by atoms with Crippen molar-refractivity contribution >= 4 is 16.6 Å². The first-order valence-corrected chi connectivity index (χ1v) is 10.8. The van der Waals surface area contributed by atoms with Crippen LogP contribution in [-0.4, -0.2) is 43.5 Å². The number of pyridine rings is 2. The minimum Gasteiger partial charge on any atom is -0.298 e. The molecule has 1 fully saturated rings. The predicted molar refractivity (Wildman–Crippen MR) is 121 cm³/mol. The Labute approximate surface area is 185 Å². The van der Waals surface area contributed by atoms with Crippen LogP contribution >= 0.6 is 0 Å². The number of likely N-dealkylation sites (tertiary alicyclic amines) is 1. The summed E-state index contributed by atoms with van der Waals surface area (Å²) in [5.74, 6) is -0.448.